The summed E-state index contributed by atoms with van der Waals surface area (Å²) in [7, 11) is 0. The Bertz CT molecular complexity index is 513. The second kappa shape index (κ2) is 6.97. The van der Waals surface area contributed by atoms with Crippen molar-refractivity contribution in [3.8, 4) is 0 Å². The van der Waals surface area contributed by atoms with Crippen LogP contribution >= 0.6 is 0 Å². The highest BCUT2D eigenvalue weighted by Crippen LogP contribution is 2.30. The SMILES string of the molecule is CC1CCC(OCC(=O)N2CCCC(O)(c3cn[nH]n3)C2)CC1. The van der Waals surface area contributed by atoms with E-state index in [0.29, 0.717) is 18.7 Å². The first-order valence-corrected chi connectivity index (χ1v) is 8.55. The van der Waals surface area contributed by atoms with Crippen LogP contribution in [0, 0.1) is 5.92 Å². The number of β-amino-alcohol motifs (C(OH)–C–C–N with tert-alkyl or cyclic N) is 1. The maximum atomic E-state index is 12.4. The number of rotatable bonds is 4. The maximum absolute atomic E-state index is 12.4. The van der Waals surface area contributed by atoms with Gasteiger partial charge in [-0.15, -0.1) is 0 Å². The normalized spacial score (nSPS) is 32.0. The average molecular weight is 322 g/mol. The summed E-state index contributed by atoms with van der Waals surface area (Å²) in [4.78, 5) is 14.1. The number of aromatic amines is 1. The Labute approximate surface area is 136 Å². The zero-order valence-electron chi connectivity index (χ0n) is 13.7. The molecule has 2 N–H and O–H groups in total. The number of nitrogens with zero attached hydrogens (tertiary/aromatic N) is 3. The molecule has 1 atom stereocenters. The molecule has 2 heterocycles. The molecule has 2 aliphatic rings. The number of likely N-dealkylation sites (tertiary alicyclic amines) is 1. The molecule has 128 valence electrons. The van der Waals surface area contributed by atoms with Crippen LogP contribution in [0.5, 0.6) is 0 Å². The van der Waals surface area contributed by atoms with Crippen molar-refractivity contribution >= 4 is 5.91 Å². The molecule has 3 rings (SSSR count). The molecule has 1 saturated carbocycles. The van der Waals surface area contributed by atoms with Gasteiger partial charge >= 0.3 is 0 Å². The summed E-state index contributed by atoms with van der Waals surface area (Å²) >= 11 is 0. The Hall–Kier alpha value is -1.47. The lowest BCUT2D eigenvalue weighted by Gasteiger charge is -2.38. The van der Waals surface area contributed by atoms with Crippen molar-refractivity contribution < 1.29 is 14.6 Å². The van der Waals surface area contributed by atoms with Crippen LogP contribution in [-0.2, 0) is 15.1 Å². The van der Waals surface area contributed by atoms with Crippen LogP contribution in [0.25, 0.3) is 0 Å². The second-order valence-corrected chi connectivity index (χ2v) is 7.00. The molecule has 23 heavy (non-hydrogen) atoms. The van der Waals surface area contributed by atoms with Gasteiger partial charge < -0.3 is 14.7 Å². The van der Waals surface area contributed by atoms with Crippen molar-refractivity contribution in [2.24, 2.45) is 5.92 Å². The number of aliphatic hydroxyl groups is 1. The summed E-state index contributed by atoms with van der Waals surface area (Å²) in [6.07, 6.45) is 7.49. The van der Waals surface area contributed by atoms with Gasteiger partial charge in [0.25, 0.3) is 0 Å². The van der Waals surface area contributed by atoms with E-state index in [1.807, 2.05) is 0 Å². The van der Waals surface area contributed by atoms with Crippen LogP contribution in [0.1, 0.15) is 51.1 Å². The highest BCUT2D eigenvalue weighted by Gasteiger charge is 2.38. The number of carbonyl (C=O) groups excluding carboxylic acids is 1. The smallest absolute Gasteiger partial charge is 0.248 e. The van der Waals surface area contributed by atoms with Crippen LogP contribution in [0.3, 0.4) is 0 Å². The van der Waals surface area contributed by atoms with E-state index >= 15 is 0 Å². The molecule has 7 heteroatoms. The van der Waals surface area contributed by atoms with E-state index in [1.54, 1.807) is 4.90 Å². The molecule has 1 aromatic rings. The first-order valence-electron chi connectivity index (χ1n) is 8.55. The van der Waals surface area contributed by atoms with Crippen molar-refractivity contribution in [2.75, 3.05) is 19.7 Å². The molecule has 1 aliphatic carbocycles. The topological polar surface area (TPSA) is 91.3 Å². The Balaban J connectivity index is 1.51. The van der Waals surface area contributed by atoms with Crippen LogP contribution < -0.4 is 0 Å². The lowest BCUT2D eigenvalue weighted by molar-refractivity contribution is -0.146. The van der Waals surface area contributed by atoms with Gasteiger partial charge in [-0.3, -0.25) is 4.79 Å². The average Bonchev–Trinajstić information content (AvgIpc) is 3.09. The third-order valence-corrected chi connectivity index (χ3v) is 5.12. The number of carbonyl (C=O) groups is 1. The molecule has 1 aromatic heterocycles. The number of hydrogen-bond acceptors (Lipinski definition) is 5. The Morgan fingerprint density at radius 2 is 2.26 bits per heavy atom. The summed E-state index contributed by atoms with van der Waals surface area (Å²) in [5.41, 5.74) is -0.613. The molecule has 0 spiro atoms. The highest BCUT2D eigenvalue weighted by atomic mass is 16.5. The molecule has 1 amide bonds. The predicted molar refractivity (Wildman–Crippen MR) is 83.5 cm³/mol. The minimum atomic E-state index is -1.11. The summed E-state index contributed by atoms with van der Waals surface area (Å²) in [5.74, 6) is 0.718. The number of aromatic nitrogens is 3. The third-order valence-electron chi connectivity index (χ3n) is 5.12. The van der Waals surface area contributed by atoms with Gasteiger partial charge in [-0.2, -0.15) is 15.4 Å². The van der Waals surface area contributed by atoms with Gasteiger partial charge in [-0.25, -0.2) is 0 Å². The Morgan fingerprint density at radius 3 is 2.96 bits per heavy atom. The van der Waals surface area contributed by atoms with Crippen LogP contribution in [0.15, 0.2) is 6.20 Å². The molecule has 7 nitrogen and oxygen atoms in total. The maximum Gasteiger partial charge on any atom is 0.248 e. The Kier molecular flexibility index (Phi) is 4.96. The molecule has 1 unspecified atom stereocenters. The predicted octanol–water partition coefficient (Wildman–Crippen LogP) is 1.21. The molecule has 0 radical (unpaired) electrons. The monoisotopic (exact) mass is 322 g/mol. The summed E-state index contributed by atoms with van der Waals surface area (Å²) < 4.78 is 5.80. The van der Waals surface area contributed by atoms with E-state index in [9.17, 15) is 9.90 Å². The fraction of sp³-hybridized carbons (Fsp3) is 0.812. The molecule has 0 aromatic carbocycles. The van der Waals surface area contributed by atoms with Crippen molar-refractivity contribution in [2.45, 2.75) is 57.2 Å². The number of amides is 1. The first kappa shape index (κ1) is 16.4. The molecule has 1 aliphatic heterocycles. The van der Waals surface area contributed by atoms with E-state index < -0.39 is 5.60 Å². The summed E-state index contributed by atoms with van der Waals surface area (Å²) in [6.45, 7) is 3.28. The third kappa shape index (κ3) is 3.90. The minimum Gasteiger partial charge on any atom is -0.382 e. The lowest BCUT2D eigenvalue weighted by atomic mass is 9.89. The van der Waals surface area contributed by atoms with Crippen molar-refractivity contribution in [3.05, 3.63) is 11.9 Å². The van der Waals surface area contributed by atoms with Crippen molar-refractivity contribution in [3.63, 3.8) is 0 Å². The van der Waals surface area contributed by atoms with Crippen molar-refractivity contribution in [1.29, 1.82) is 0 Å². The van der Waals surface area contributed by atoms with Gasteiger partial charge in [-0.1, -0.05) is 6.92 Å². The molecule has 0 bridgehead atoms. The van der Waals surface area contributed by atoms with Crippen LogP contribution in [0.4, 0.5) is 0 Å². The number of hydrogen-bond donors (Lipinski definition) is 2. The quantitative estimate of drug-likeness (QED) is 0.869. The summed E-state index contributed by atoms with van der Waals surface area (Å²) in [5, 5.41) is 21.0. The van der Waals surface area contributed by atoms with Gasteiger partial charge in [0.2, 0.25) is 5.91 Å². The molecular formula is C16H26N4O3. The van der Waals surface area contributed by atoms with Crippen molar-refractivity contribution in [1.82, 2.24) is 20.3 Å². The molecule has 1 saturated heterocycles. The zero-order chi connectivity index (χ0) is 16.3. The minimum absolute atomic E-state index is 0.0507. The largest absolute Gasteiger partial charge is 0.382 e. The number of H-pyrrole nitrogens is 1. The van der Waals surface area contributed by atoms with E-state index in [1.165, 1.54) is 19.0 Å². The van der Waals surface area contributed by atoms with Gasteiger partial charge in [0, 0.05) is 6.54 Å². The van der Waals surface area contributed by atoms with Gasteiger partial charge in [-0.05, 0) is 44.4 Å². The highest BCUT2D eigenvalue weighted by molar-refractivity contribution is 5.77. The van der Waals surface area contributed by atoms with Gasteiger partial charge in [0.05, 0.1) is 18.8 Å². The second-order valence-electron chi connectivity index (χ2n) is 7.00. The lowest BCUT2D eigenvalue weighted by Crippen LogP contribution is -2.50. The number of piperidine rings is 1. The molecular weight excluding hydrogens is 296 g/mol. The standard InChI is InChI=1S/C16H26N4O3/c1-12-3-5-13(6-4-12)23-10-15(21)20-8-2-7-16(22,11-20)14-9-17-19-18-14/h9,12-13,22H,2-8,10-11H2,1H3,(H,17,18,19). The zero-order valence-corrected chi connectivity index (χ0v) is 13.7. The van der Waals surface area contributed by atoms with Gasteiger partial charge in [0.15, 0.2) is 0 Å². The number of ether oxygens (including phenoxy) is 1. The fourth-order valence-electron chi connectivity index (χ4n) is 3.56. The van der Waals surface area contributed by atoms with Gasteiger partial charge in [0.1, 0.15) is 17.9 Å². The fourth-order valence-corrected chi connectivity index (χ4v) is 3.56. The Morgan fingerprint density at radius 1 is 1.48 bits per heavy atom. The van der Waals surface area contributed by atoms with Crippen LogP contribution in [0.2, 0.25) is 0 Å². The molecule has 2 fully saturated rings. The van der Waals surface area contributed by atoms with E-state index in [0.717, 1.165) is 25.2 Å². The summed E-state index contributed by atoms with van der Waals surface area (Å²) in [6, 6.07) is 0. The van der Waals surface area contributed by atoms with Crippen LogP contribution in [-0.4, -0.2) is 57.1 Å². The van der Waals surface area contributed by atoms with E-state index in [4.69, 9.17) is 4.74 Å². The van der Waals surface area contributed by atoms with E-state index in [-0.39, 0.29) is 25.2 Å². The number of nitrogens with one attached hydrogen (secondary N) is 1. The first-order chi connectivity index (χ1) is 11.1. The van der Waals surface area contributed by atoms with E-state index in [2.05, 4.69) is 22.3 Å².